The Kier molecular flexibility index (Phi) is 2.06. The van der Waals surface area contributed by atoms with Crippen molar-refractivity contribution >= 4 is 0 Å². The molecule has 1 aliphatic rings. The van der Waals surface area contributed by atoms with Gasteiger partial charge in [0.15, 0.2) is 12.8 Å². The van der Waals surface area contributed by atoms with Crippen molar-refractivity contribution in [1.82, 2.24) is 0 Å². The van der Waals surface area contributed by atoms with Crippen molar-refractivity contribution in [2.45, 2.75) is 6.23 Å². The second-order valence-electron chi connectivity index (χ2n) is 2.79. The lowest BCUT2D eigenvalue weighted by Crippen LogP contribution is -2.36. The molecule has 0 aliphatic carbocycles. The minimum atomic E-state index is -0.0369. The van der Waals surface area contributed by atoms with Gasteiger partial charge in [0.05, 0.1) is 7.11 Å². The molecular weight excluding hydrogens is 170 g/mol. The van der Waals surface area contributed by atoms with E-state index >= 15 is 0 Å². The fourth-order valence-corrected chi connectivity index (χ4v) is 1.43. The van der Waals surface area contributed by atoms with Crippen molar-refractivity contribution in [2.75, 3.05) is 20.8 Å². The molecule has 0 aromatic carbocycles. The molecule has 1 aromatic rings. The third-order valence-electron chi connectivity index (χ3n) is 2.10. The number of nitrogens with zero attached hydrogens (tertiary/aromatic N) is 1. The maximum absolute atomic E-state index is 5.44. The first kappa shape index (κ1) is 8.31. The minimum absolute atomic E-state index is 0.0369. The van der Waals surface area contributed by atoms with Crippen LogP contribution in [-0.2, 0) is 4.74 Å². The molecule has 0 spiro atoms. The molecule has 70 valence electrons. The molecule has 0 N–H and O–H groups in total. The molecule has 0 bridgehead atoms. The molecule has 13 heavy (non-hydrogen) atoms. The van der Waals surface area contributed by atoms with Gasteiger partial charge >= 0.3 is 12.1 Å². The van der Waals surface area contributed by atoms with Gasteiger partial charge in [-0.3, -0.25) is 0 Å². The van der Waals surface area contributed by atoms with Gasteiger partial charge in [-0.25, -0.2) is 0 Å². The van der Waals surface area contributed by atoms with E-state index in [4.69, 9.17) is 14.2 Å². The highest BCUT2D eigenvalue weighted by Crippen LogP contribution is 2.27. The van der Waals surface area contributed by atoms with E-state index in [2.05, 4.69) is 0 Å². The molecule has 0 amide bonds. The number of rotatable bonds is 2. The summed E-state index contributed by atoms with van der Waals surface area (Å²) >= 11 is 0. The number of ether oxygens (including phenoxy) is 3. The quantitative estimate of drug-likeness (QED) is 0.625. The molecule has 1 aliphatic heterocycles. The van der Waals surface area contributed by atoms with Crippen LogP contribution in [0.1, 0.15) is 6.23 Å². The monoisotopic (exact) mass is 182 g/mol. The smallest absolute Gasteiger partial charge is 0.414 e. The van der Waals surface area contributed by atoms with Crippen molar-refractivity contribution in [3.05, 3.63) is 18.3 Å². The number of methoxy groups -OCH3 is 2. The molecule has 0 saturated heterocycles. The van der Waals surface area contributed by atoms with Crippen LogP contribution < -0.4 is 14.0 Å². The van der Waals surface area contributed by atoms with E-state index in [0.29, 0.717) is 6.61 Å². The zero-order valence-corrected chi connectivity index (χ0v) is 7.69. The van der Waals surface area contributed by atoms with Gasteiger partial charge < -0.3 is 14.2 Å². The van der Waals surface area contributed by atoms with Gasteiger partial charge in [0.1, 0.15) is 0 Å². The Bertz CT molecular complexity index is 314. The van der Waals surface area contributed by atoms with Crippen molar-refractivity contribution in [3.63, 3.8) is 0 Å². The van der Waals surface area contributed by atoms with Crippen LogP contribution in [0.3, 0.4) is 0 Å². The molecule has 4 nitrogen and oxygen atoms in total. The standard InChI is InChI=1S/C9H12NO3/c1-11-7-4-3-5-10-8(12-2)6-13-9(7)10/h3-5,8H,6H2,1-2H3/q+1. The van der Waals surface area contributed by atoms with E-state index in [0.717, 1.165) is 11.6 Å². The maximum Gasteiger partial charge on any atom is 0.414 e. The first-order valence-electron chi connectivity index (χ1n) is 4.10. The highest BCUT2D eigenvalue weighted by Gasteiger charge is 2.34. The summed E-state index contributed by atoms with van der Waals surface area (Å²) in [7, 11) is 3.29. The average Bonchev–Trinajstić information content (AvgIpc) is 2.60. The van der Waals surface area contributed by atoms with Crippen molar-refractivity contribution in [2.24, 2.45) is 0 Å². The summed E-state index contributed by atoms with van der Waals surface area (Å²) in [5.41, 5.74) is 0. The second-order valence-corrected chi connectivity index (χ2v) is 2.79. The van der Waals surface area contributed by atoms with E-state index in [1.54, 1.807) is 14.2 Å². The number of fused-ring (bicyclic) bond motifs is 1. The van der Waals surface area contributed by atoms with Crippen molar-refractivity contribution in [1.29, 1.82) is 0 Å². The zero-order valence-electron chi connectivity index (χ0n) is 7.69. The third-order valence-corrected chi connectivity index (χ3v) is 2.10. The predicted molar refractivity (Wildman–Crippen MR) is 44.7 cm³/mol. The first-order valence-corrected chi connectivity index (χ1v) is 4.10. The van der Waals surface area contributed by atoms with Gasteiger partial charge in [-0.15, -0.1) is 4.57 Å². The summed E-state index contributed by atoms with van der Waals surface area (Å²) in [6.45, 7) is 0.539. The Hall–Kier alpha value is -1.29. The third kappa shape index (κ3) is 1.23. The highest BCUT2D eigenvalue weighted by atomic mass is 16.6. The second kappa shape index (κ2) is 3.22. The van der Waals surface area contributed by atoms with Crippen LogP contribution >= 0.6 is 0 Å². The molecule has 1 aromatic heterocycles. The van der Waals surface area contributed by atoms with E-state index in [-0.39, 0.29) is 6.23 Å². The normalized spacial score (nSPS) is 19.4. The Morgan fingerprint density at radius 1 is 1.54 bits per heavy atom. The van der Waals surface area contributed by atoms with Gasteiger partial charge in [0.25, 0.3) is 0 Å². The average molecular weight is 182 g/mol. The first-order chi connectivity index (χ1) is 6.36. The van der Waals surface area contributed by atoms with Gasteiger partial charge in [-0.05, 0) is 6.07 Å². The van der Waals surface area contributed by atoms with E-state index < -0.39 is 0 Å². The highest BCUT2D eigenvalue weighted by molar-refractivity contribution is 5.28. The van der Waals surface area contributed by atoms with E-state index in [9.17, 15) is 0 Å². The molecular formula is C9H12NO3+. The lowest BCUT2D eigenvalue weighted by molar-refractivity contribution is -0.742. The molecule has 0 radical (unpaired) electrons. The summed E-state index contributed by atoms with van der Waals surface area (Å²) in [6, 6.07) is 3.77. The Labute approximate surface area is 76.7 Å². The Morgan fingerprint density at radius 2 is 2.38 bits per heavy atom. The SMILES string of the molecule is COc1ccc[n+]2c1OCC2OC. The lowest BCUT2D eigenvalue weighted by atomic mass is 10.4. The van der Waals surface area contributed by atoms with E-state index in [1.807, 2.05) is 22.9 Å². The van der Waals surface area contributed by atoms with Crippen LogP contribution in [0.25, 0.3) is 0 Å². The molecule has 0 fully saturated rings. The summed E-state index contributed by atoms with van der Waals surface area (Å²) < 4.78 is 17.7. The van der Waals surface area contributed by atoms with Gasteiger partial charge in [-0.2, -0.15) is 0 Å². The minimum Gasteiger partial charge on any atom is -0.488 e. The van der Waals surface area contributed by atoms with Gasteiger partial charge in [-0.1, -0.05) is 0 Å². The number of pyridine rings is 1. The zero-order chi connectivity index (χ0) is 9.26. The summed E-state index contributed by atoms with van der Waals surface area (Å²) in [4.78, 5) is 0. The fraction of sp³-hybridized carbons (Fsp3) is 0.444. The molecule has 2 heterocycles. The van der Waals surface area contributed by atoms with Crippen LogP contribution in [0, 0.1) is 0 Å². The van der Waals surface area contributed by atoms with Gasteiger partial charge in [0, 0.05) is 13.2 Å². The molecule has 1 atom stereocenters. The Morgan fingerprint density at radius 3 is 3.08 bits per heavy atom. The topological polar surface area (TPSA) is 31.6 Å². The molecule has 1 unspecified atom stereocenters. The fourth-order valence-electron chi connectivity index (χ4n) is 1.43. The summed E-state index contributed by atoms with van der Waals surface area (Å²) in [5, 5.41) is 0. The largest absolute Gasteiger partial charge is 0.488 e. The number of hydrogen-bond acceptors (Lipinski definition) is 3. The summed E-state index contributed by atoms with van der Waals surface area (Å²) in [5.74, 6) is 1.47. The van der Waals surface area contributed by atoms with E-state index in [1.165, 1.54) is 0 Å². The predicted octanol–water partition coefficient (Wildman–Crippen LogP) is 0.520. The van der Waals surface area contributed by atoms with Crippen LogP contribution in [0.2, 0.25) is 0 Å². The molecule has 0 saturated carbocycles. The van der Waals surface area contributed by atoms with Crippen LogP contribution in [-0.4, -0.2) is 20.8 Å². The summed E-state index contributed by atoms with van der Waals surface area (Å²) in [6.07, 6.45) is 1.88. The Balaban J connectivity index is 2.43. The molecule has 4 heteroatoms. The molecule has 2 rings (SSSR count). The van der Waals surface area contributed by atoms with Crippen molar-refractivity contribution in [3.8, 4) is 11.6 Å². The van der Waals surface area contributed by atoms with Crippen LogP contribution in [0.15, 0.2) is 18.3 Å². The number of hydrogen-bond donors (Lipinski definition) is 0. The maximum atomic E-state index is 5.44. The lowest BCUT2D eigenvalue weighted by Gasteiger charge is -2.00. The van der Waals surface area contributed by atoms with Crippen molar-refractivity contribution < 1.29 is 18.8 Å². The number of aromatic nitrogens is 1. The van der Waals surface area contributed by atoms with Gasteiger partial charge in [0.2, 0.25) is 5.75 Å². The van der Waals surface area contributed by atoms with Crippen LogP contribution in [0.4, 0.5) is 0 Å². The van der Waals surface area contributed by atoms with Crippen LogP contribution in [0.5, 0.6) is 11.6 Å².